The SMILES string of the molecule is CCNCC.[H-].[Na+]. The van der Waals surface area contributed by atoms with Crippen LogP contribution in [0.25, 0.3) is 0 Å². The minimum atomic E-state index is 0. The molecule has 0 heterocycles. The standard InChI is InChI=1S/C4H11N.Na.H/c1-3-5-4-2;;/h5H,3-4H2,1-2H3;;/q;+1;-1. The Labute approximate surface area is 63.3 Å². The quantitative estimate of drug-likeness (QED) is 0.383. The fourth-order valence-corrected chi connectivity index (χ4v) is 0.250. The van der Waals surface area contributed by atoms with Crippen molar-refractivity contribution in [1.29, 1.82) is 0 Å². The first kappa shape index (κ1) is 10.0. The van der Waals surface area contributed by atoms with Crippen LogP contribution < -0.4 is 34.9 Å². The van der Waals surface area contributed by atoms with Crippen LogP contribution in [-0.4, -0.2) is 13.1 Å². The van der Waals surface area contributed by atoms with E-state index in [1.807, 2.05) is 0 Å². The molecule has 0 radical (unpaired) electrons. The second-order valence-corrected chi connectivity index (χ2v) is 0.957. The Hall–Kier alpha value is 0.960. The van der Waals surface area contributed by atoms with Crippen LogP contribution in [0.3, 0.4) is 0 Å². The summed E-state index contributed by atoms with van der Waals surface area (Å²) in [4.78, 5) is 0. The molecule has 0 aliphatic rings. The van der Waals surface area contributed by atoms with E-state index in [2.05, 4.69) is 19.2 Å². The van der Waals surface area contributed by atoms with E-state index < -0.39 is 0 Å². The minimum absolute atomic E-state index is 0. The van der Waals surface area contributed by atoms with Gasteiger partial charge in [-0.15, -0.1) is 0 Å². The van der Waals surface area contributed by atoms with Gasteiger partial charge in [-0.05, 0) is 13.1 Å². The molecule has 2 heteroatoms. The summed E-state index contributed by atoms with van der Waals surface area (Å²) in [6.45, 7) is 6.39. The van der Waals surface area contributed by atoms with Crippen LogP contribution >= 0.6 is 0 Å². The Morgan fingerprint density at radius 1 is 1.33 bits per heavy atom. The monoisotopic (exact) mass is 97.1 g/mol. The Kier molecular flexibility index (Phi) is 15.7. The molecule has 0 amide bonds. The number of hydrogen-bond donors (Lipinski definition) is 1. The molecular weight excluding hydrogens is 85.0 g/mol. The molecule has 0 saturated heterocycles. The summed E-state index contributed by atoms with van der Waals surface area (Å²) in [5.74, 6) is 0. The van der Waals surface area contributed by atoms with Crippen LogP contribution in [0.5, 0.6) is 0 Å². The minimum Gasteiger partial charge on any atom is -1.00 e. The van der Waals surface area contributed by atoms with E-state index in [9.17, 15) is 0 Å². The summed E-state index contributed by atoms with van der Waals surface area (Å²) < 4.78 is 0. The Bertz CT molecular complexity index is 19.2. The molecule has 0 saturated carbocycles. The first-order chi connectivity index (χ1) is 2.41. The summed E-state index contributed by atoms with van der Waals surface area (Å²) in [5, 5.41) is 3.11. The van der Waals surface area contributed by atoms with Crippen LogP contribution in [0.2, 0.25) is 0 Å². The number of rotatable bonds is 2. The molecule has 0 unspecified atom stereocenters. The normalized spacial score (nSPS) is 7.00. The molecule has 34 valence electrons. The van der Waals surface area contributed by atoms with Crippen LogP contribution in [0.15, 0.2) is 0 Å². The van der Waals surface area contributed by atoms with Crippen molar-refractivity contribution in [2.24, 2.45) is 0 Å². The van der Waals surface area contributed by atoms with Crippen molar-refractivity contribution >= 4 is 0 Å². The molecule has 0 spiro atoms. The van der Waals surface area contributed by atoms with Gasteiger partial charge in [0.25, 0.3) is 0 Å². The van der Waals surface area contributed by atoms with Crippen molar-refractivity contribution in [3.63, 3.8) is 0 Å². The van der Waals surface area contributed by atoms with Crippen molar-refractivity contribution in [2.75, 3.05) is 13.1 Å². The first-order valence-electron chi connectivity index (χ1n) is 2.12. The Balaban J connectivity index is -0.0000000800. The summed E-state index contributed by atoms with van der Waals surface area (Å²) in [6.07, 6.45) is 0. The van der Waals surface area contributed by atoms with E-state index in [1.54, 1.807) is 0 Å². The van der Waals surface area contributed by atoms with Gasteiger partial charge in [-0.2, -0.15) is 0 Å². The largest absolute Gasteiger partial charge is 1.00 e. The molecule has 0 bridgehead atoms. The second-order valence-electron chi connectivity index (χ2n) is 0.957. The van der Waals surface area contributed by atoms with Crippen LogP contribution in [0, 0.1) is 0 Å². The van der Waals surface area contributed by atoms with E-state index in [4.69, 9.17) is 0 Å². The zero-order valence-corrected chi connectivity index (χ0v) is 6.91. The fourth-order valence-electron chi connectivity index (χ4n) is 0.250. The predicted molar refractivity (Wildman–Crippen MR) is 25.3 cm³/mol. The van der Waals surface area contributed by atoms with Crippen molar-refractivity contribution in [2.45, 2.75) is 13.8 Å². The maximum atomic E-state index is 3.11. The second kappa shape index (κ2) is 9.35. The Morgan fingerprint density at radius 3 is 1.67 bits per heavy atom. The molecular formula is C4H12NNa. The van der Waals surface area contributed by atoms with E-state index in [1.165, 1.54) is 0 Å². The third-order valence-corrected chi connectivity index (χ3v) is 0.500. The molecule has 0 fully saturated rings. The Morgan fingerprint density at radius 2 is 1.67 bits per heavy atom. The molecule has 0 rings (SSSR count). The van der Waals surface area contributed by atoms with Crippen LogP contribution in [-0.2, 0) is 0 Å². The molecule has 0 aromatic carbocycles. The molecule has 0 aromatic heterocycles. The van der Waals surface area contributed by atoms with Gasteiger partial charge in [0.05, 0.1) is 0 Å². The molecule has 0 aromatic rings. The topological polar surface area (TPSA) is 12.0 Å². The van der Waals surface area contributed by atoms with E-state index in [0.29, 0.717) is 0 Å². The number of nitrogens with one attached hydrogen (secondary N) is 1. The van der Waals surface area contributed by atoms with Gasteiger partial charge in [0.15, 0.2) is 0 Å². The number of hydrogen-bond acceptors (Lipinski definition) is 1. The molecule has 1 nitrogen and oxygen atoms in total. The van der Waals surface area contributed by atoms with Crippen LogP contribution in [0.4, 0.5) is 0 Å². The van der Waals surface area contributed by atoms with Gasteiger partial charge < -0.3 is 6.74 Å². The van der Waals surface area contributed by atoms with Crippen molar-refractivity contribution in [3.05, 3.63) is 0 Å². The fraction of sp³-hybridized carbons (Fsp3) is 1.00. The predicted octanol–water partition coefficient (Wildman–Crippen LogP) is -2.27. The van der Waals surface area contributed by atoms with Gasteiger partial charge >= 0.3 is 29.6 Å². The molecule has 0 atom stereocenters. The van der Waals surface area contributed by atoms with Crippen molar-refractivity contribution in [1.82, 2.24) is 5.32 Å². The van der Waals surface area contributed by atoms with E-state index in [0.717, 1.165) is 13.1 Å². The van der Waals surface area contributed by atoms with E-state index in [-0.39, 0.29) is 31.0 Å². The van der Waals surface area contributed by atoms with Gasteiger partial charge in [0.2, 0.25) is 0 Å². The summed E-state index contributed by atoms with van der Waals surface area (Å²) in [6, 6.07) is 0. The van der Waals surface area contributed by atoms with Gasteiger partial charge in [-0.3, -0.25) is 0 Å². The van der Waals surface area contributed by atoms with Gasteiger partial charge in [0.1, 0.15) is 0 Å². The van der Waals surface area contributed by atoms with Crippen LogP contribution in [0.1, 0.15) is 15.3 Å². The van der Waals surface area contributed by atoms with Gasteiger partial charge in [-0.25, -0.2) is 0 Å². The van der Waals surface area contributed by atoms with E-state index >= 15 is 0 Å². The maximum Gasteiger partial charge on any atom is 1.00 e. The molecule has 1 N–H and O–H groups in total. The molecule has 0 aliphatic heterocycles. The molecule has 0 aliphatic carbocycles. The third kappa shape index (κ3) is 8.88. The molecule has 6 heavy (non-hydrogen) atoms. The zero-order chi connectivity index (χ0) is 4.12. The average molecular weight is 97.1 g/mol. The summed E-state index contributed by atoms with van der Waals surface area (Å²) >= 11 is 0. The zero-order valence-electron chi connectivity index (χ0n) is 5.91. The van der Waals surface area contributed by atoms with Gasteiger partial charge in [0, 0.05) is 0 Å². The summed E-state index contributed by atoms with van der Waals surface area (Å²) in [7, 11) is 0. The third-order valence-electron chi connectivity index (χ3n) is 0.500. The smallest absolute Gasteiger partial charge is 1.00 e. The van der Waals surface area contributed by atoms with Crippen molar-refractivity contribution < 1.29 is 31.0 Å². The first-order valence-corrected chi connectivity index (χ1v) is 2.12. The van der Waals surface area contributed by atoms with Gasteiger partial charge in [-0.1, -0.05) is 13.8 Å². The maximum absolute atomic E-state index is 3.11. The average Bonchev–Trinajstić information content (AvgIpc) is 1.41. The summed E-state index contributed by atoms with van der Waals surface area (Å²) in [5.41, 5.74) is 0. The van der Waals surface area contributed by atoms with Crippen molar-refractivity contribution in [3.8, 4) is 0 Å².